The summed E-state index contributed by atoms with van der Waals surface area (Å²) in [4.78, 5) is 12.0. The smallest absolute Gasteiger partial charge is 0.252 e. The van der Waals surface area contributed by atoms with E-state index in [-0.39, 0.29) is 10.8 Å². The summed E-state index contributed by atoms with van der Waals surface area (Å²) in [5, 5.41) is 11.4. The Hall–Kier alpha value is -1.92. The van der Waals surface area contributed by atoms with Gasteiger partial charge < -0.3 is 5.32 Å². The van der Waals surface area contributed by atoms with Crippen LogP contribution in [0.2, 0.25) is 4.34 Å². The molecule has 0 bridgehead atoms. The molecule has 23 heavy (non-hydrogen) atoms. The molecule has 1 N–H and O–H groups in total. The number of rotatable bonds is 5. The number of sulfonamides is 1. The van der Waals surface area contributed by atoms with E-state index in [1.807, 2.05) is 6.07 Å². The summed E-state index contributed by atoms with van der Waals surface area (Å²) in [6.45, 7) is -0.353. The number of thiophene rings is 1. The highest BCUT2D eigenvalue weighted by atomic mass is 35.5. The Morgan fingerprint density at radius 2 is 2.13 bits per heavy atom. The zero-order chi connectivity index (χ0) is 17.0. The van der Waals surface area contributed by atoms with Gasteiger partial charge in [-0.25, -0.2) is 8.42 Å². The van der Waals surface area contributed by atoms with Crippen molar-refractivity contribution in [3.8, 4) is 6.07 Å². The molecule has 120 valence electrons. The normalized spacial score (nSPS) is 11.2. The fraction of sp³-hybridized carbons (Fsp3) is 0.143. The van der Waals surface area contributed by atoms with Gasteiger partial charge in [0.25, 0.3) is 10.0 Å². The van der Waals surface area contributed by atoms with Crippen molar-refractivity contribution in [3.63, 3.8) is 0 Å². The second-order valence-electron chi connectivity index (χ2n) is 4.56. The first-order valence-electron chi connectivity index (χ1n) is 6.34. The van der Waals surface area contributed by atoms with Crippen LogP contribution in [0.15, 0.2) is 40.6 Å². The first-order valence-corrected chi connectivity index (χ1v) is 8.98. The lowest BCUT2D eigenvalue weighted by Crippen LogP contribution is -2.34. The molecule has 6 nitrogen and oxygen atoms in total. The number of benzene rings is 1. The quantitative estimate of drug-likeness (QED) is 0.876. The number of amides is 1. The minimum atomic E-state index is -3.76. The Kier molecular flexibility index (Phi) is 5.38. The zero-order valence-corrected chi connectivity index (χ0v) is 14.4. The van der Waals surface area contributed by atoms with Gasteiger partial charge in [0.1, 0.15) is 4.21 Å². The molecular weight excluding hydrogens is 358 g/mol. The average molecular weight is 370 g/mol. The van der Waals surface area contributed by atoms with Crippen molar-refractivity contribution in [1.82, 2.24) is 4.31 Å². The molecule has 0 aliphatic heterocycles. The van der Waals surface area contributed by atoms with Crippen LogP contribution in [0.25, 0.3) is 0 Å². The Balaban J connectivity index is 2.06. The molecule has 0 atom stereocenters. The molecule has 9 heteroatoms. The second kappa shape index (κ2) is 7.10. The number of nitriles is 1. The fourth-order valence-electron chi connectivity index (χ4n) is 1.74. The summed E-state index contributed by atoms with van der Waals surface area (Å²) < 4.78 is 25.9. The lowest BCUT2D eigenvalue weighted by Gasteiger charge is -2.15. The molecule has 0 aliphatic carbocycles. The second-order valence-corrected chi connectivity index (χ2v) is 8.55. The van der Waals surface area contributed by atoms with Crippen LogP contribution in [0.3, 0.4) is 0 Å². The largest absolute Gasteiger partial charge is 0.325 e. The zero-order valence-electron chi connectivity index (χ0n) is 12.0. The Morgan fingerprint density at radius 3 is 2.74 bits per heavy atom. The Labute approximate surface area is 143 Å². The van der Waals surface area contributed by atoms with Gasteiger partial charge in [-0.15, -0.1) is 11.3 Å². The van der Waals surface area contributed by atoms with Crippen molar-refractivity contribution in [2.45, 2.75) is 4.21 Å². The van der Waals surface area contributed by atoms with Crippen LogP contribution in [0.1, 0.15) is 5.56 Å². The van der Waals surface area contributed by atoms with Crippen LogP contribution in [-0.4, -0.2) is 32.2 Å². The highest BCUT2D eigenvalue weighted by molar-refractivity contribution is 7.91. The molecule has 0 saturated carbocycles. The number of anilines is 1. The molecule has 0 aliphatic rings. The van der Waals surface area contributed by atoms with Gasteiger partial charge >= 0.3 is 0 Å². The van der Waals surface area contributed by atoms with E-state index in [1.54, 1.807) is 18.2 Å². The minimum Gasteiger partial charge on any atom is -0.325 e. The molecule has 0 fully saturated rings. The van der Waals surface area contributed by atoms with Gasteiger partial charge in [0.2, 0.25) is 5.91 Å². The highest BCUT2D eigenvalue weighted by Gasteiger charge is 2.24. The van der Waals surface area contributed by atoms with Gasteiger partial charge in [-0.1, -0.05) is 17.7 Å². The number of carbonyl (C=O) groups excluding carboxylic acids is 1. The molecule has 0 spiro atoms. The predicted molar refractivity (Wildman–Crippen MR) is 88.9 cm³/mol. The average Bonchev–Trinajstić information content (AvgIpc) is 2.94. The van der Waals surface area contributed by atoms with Crippen molar-refractivity contribution < 1.29 is 13.2 Å². The summed E-state index contributed by atoms with van der Waals surface area (Å²) in [5.74, 6) is -0.506. The van der Waals surface area contributed by atoms with E-state index in [0.717, 1.165) is 15.6 Å². The van der Waals surface area contributed by atoms with E-state index >= 15 is 0 Å². The number of nitrogens with one attached hydrogen (secondary N) is 1. The molecule has 0 saturated heterocycles. The molecular formula is C14H12ClN3O3S2. The van der Waals surface area contributed by atoms with Crippen LogP contribution in [0, 0.1) is 11.3 Å². The summed E-state index contributed by atoms with van der Waals surface area (Å²) in [5.41, 5.74) is 0.830. The van der Waals surface area contributed by atoms with E-state index in [0.29, 0.717) is 15.6 Å². The number of carbonyl (C=O) groups is 1. The van der Waals surface area contributed by atoms with Gasteiger partial charge in [0.05, 0.1) is 22.5 Å². The summed E-state index contributed by atoms with van der Waals surface area (Å²) in [6, 6.07) is 11.2. The maximum Gasteiger partial charge on any atom is 0.252 e. The molecule has 2 aromatic rings. The minimum absolute atomic E-state index is 0.0734. The van der Waals surface area contributed by atoms with E-state index < -0.39 is 15.9 Å². The molecule has 0 radical (unpaired) electrons. The van der Waals surface area contributed by atoms with Crippen LogP contribution in [0.5, 0.6) is 0 Å². The van der Waals surface area contributed by atoms with Crippen LogP contribution in [-0.2, 0) is 14.8 Å². The lowest BCUT2D eigenvalue weighted by atomic mass is 10.2. The molecule has 1 aromatic heterocycles. The standard InChI is InChI=1S/C14H12ClN3O3S2/c1-18(23(20,21)14-6-5-12(15)22-14)9-13(19)17-11-4-2-3-10(7-11)8-16/h2-7H,9H2,1H3,(H,17,19). The maximum atomic E-state index is 12.3. The first kappa shape index (κ1) is 17.4. The molecule has 2 rings (SSSR count). The topological polar surface area (TPSA) is 90.3 Å². The molecule has 0 unspecified atom stereocenters. The SMILES string of the molecule is CN(CC(=O)Nc1cccc(C#N)c1)S(=O)(=O)c1ccc(Cl)s1. The third kappa shape index (κ3) is 4.30. The number of hydrogen-bond acceptors (Lipinski definition) is 5. The van der Waals surface area contributed by atoms with Gasteiger partial charge in [-0.2, -0.15) is 9.57 Å². The highest BCUT2D eigenvalue weighted by Crippen LogP contribution is 2.27. The van der Waals surface area contributed by atoms with E-state index in [2.05, 4.69) is 5.32 Å². The van der Waals surface area contributed by atoms with Gasteiger partial charge in [0, 0.05) is 12.7 Å². The van der Waals surface area contributed by atoms with Crippen molar-refractivity contribution in [2.75, 3.05) is 18.9 Å². The maximum absolute atomic E-state index is 12.3. The van der Waals surface area contributed by atoms with Gasteiger partial charge in [-0.05, 0) is 30.3 Å². The van der Waals surface area contributed by atoms with E-state index in [9.17, 15) is 13.2 Å². The lowest BCUT2D eigenvalue weighted by molar-refractivity contribution is -0.116. The molecule has 1 heterocycles. The fourth-order valence-corrected chi connectivity index (χ4v) is 4.56. The first-order chi connectivity index (χ1) is 10.8. The van der Waals surface area contributed by atoms with Crippen molar-refractivity contribution >= 4 is 44.6 Å². The van der Waals surface area contributed by atoms with Crippen molar-refractivity contribution in [1.29, 1.82) is 5.26 Å². The Morgan fingerprint density at radius 1 is 1.39 bits per heavy atom. The summed E-state index contributed by atoms with van der Waals surface area (Å²) >= 11 is 6.67. The van der Waals surface area contributed by atoms with Crippen molar-refractivity contribution in [3.05, 3.63) is 46.3 Å². The predicted octanol–water partition coefficient (Wildman–Crippen LogP) is 2.53. The molecule has 1 amide bonds. The van der Waals surface area contributed by atoms with Crippen LogP contribution in [0.4, 0.5) is 5.69 Å². The van der Waals surface area contributed by atoms with E-state index in [1.165, 1.54) is 25.2 Å². The molecule has 1 aromatic carbocycles. The Bertz CT molecular complexity index is 871. The van der Waals surface area contributed by atoms with Crippen LogP contribution >= 0.6 is 22.9 Å². The monoisotopic (exact) mass is 369 g/mol. The summed E-state index contributed by atoms with van der Waals surface area (Å²) in [7, 11) is -2.45. The van der Waals surface area contributed by atoms with E-state index in [4.69, 9.17) is 16.9 Å². The van der Waals surface area contributed by atoms with Gasteiger partial charge in [-0.3, -0.25) is 4.79 Å². The van der Waals surface area contributed by atoms with Crippen molar-refractivity contribution in [2.24, 2.45) is 0 Å². The van der Waals surface area contributed by atoms with Crippen LogP contribution < -0.4 is 5.32 Å². The number of halogens is 1. The summed E-state index contributed by atoms with van der Waals surface area (Å²) in [6.07, 6.45) is 0. The van der Waals surface area contributed by atoms with Gasteiger partial charge in [0.15, 0.2) is 0 Å². The third-order valence-corrected chi connectivity index (χ3v) is 6.36. The third-order valence-electron chi connectivity index (χ3n) is 2.85. The number of likely N-dealkylation sites (N-methyl/N-ethyl adjacent to an activating group) is 1. The number of hydrogen-bond donors (Lipinski definition) is 1. The number of nitrogens with zero attached hydrogens (tertiary/aromatic N) is 2.